The third kappa shape index (κ3) is 2.96. The van der Waals surface area contributed by atoms with Crippen molar-refractivity contribution in [2.24, 2.45) is 0 Å². The molecule has 1 aromatic heterocycles. The number of carbonyl (C=O) groups excluding carboxylic acids is 1. The average molecular weight is 341 g/mol. The molecule has 0 bridgehead atoms. The molecule has 1 atom stereocenters. The molecule has 0 saturated heterocycles. The third-order valence-corrected chi connectivity index (χ3v) is 5.74. The lowest BCUT2D eigenvalue weighted by molar-refractivity contribution is -0.127. The first-order valence-corrected chi connectivity index (χ1v) is 9.16. The van der Waals surface area contributed by atoms with E-state index in [0.29, 0.717) is 0 Å². The second kappa shape index (κ2) is 6.28. The van der Waals surface area contributed by atoms with Gasteiger partial charge in [-0.3, -0.25) is 4.79 Å². The fourth-order valence-corrected chi connectivity index (χ4v) is 4.42. The molecule has 2 heterocycles. The Morgan fingerprint density at radius 3 is 2.72 bits per heavy atom. The van der Waals surface area contributed by atoms with E-state index < -0.39 is 5.41 Å². The van der Waals surface area contributed by atoms with Gasteiger partial charge in [0.05, 0.1) is 11.1 Å². The number of carbonyl (C=O) groups is 1. The second-order valence-corrected chi connectivity index (χ2v) is 7.46. The van der Waals surface area contributed by atoms with Crippen LogP contribution in [-0.2, 0) is 23.2 Å². The highest BCUT2D eigenvalue weighted by atomic mass is 19.1. The average Bonchev–Trinajstić information content (AvgIpc) is 3.21. The number of amides is 1. The van der Waals surface area contributed by atoms with Crippen molar-refractivity contribution in [1.82, 2.24) is 14.9 Å². The number of imidazole rings is 1. The lowest BCUT2D eigenvalue weighted by atomic mass is 9.77. The van der Waals surface area contributed by atoms with Crippen molar-refractivity contribution >= 4 is 5.91 Å². The minimum absolute atomic E-state index is 0.0990. The summed E-state index contributed by atoms with van der Waals surface area (Å²) >= 11 is 0. The fraction of sp³-hybridized carbons (Fsp3) is 0.500. The van der Waals surface area contributed by atoms with Gasteiger partial charge in [-0.25, -0.2) is 9.37 Å². The summed E-state index contributed by atoms with van der Waals surface area (Å²) < 4.78 is 15.5. The van der Waals surface area contributed by atoms with Crippen LogP contribution >= 0.6 is 0 Å². The van der Waals surface area contributed by atoms with Crippen molar-refractivity contribution in [1.29, 1.82) is 0 Å². The molecule has 5 heteroatoms. The Bertz CT molecular complexity index is 775. The highest BCUT2D eigenvalue weighted by molar-refractivity contribution is 5.88. The van der Waals surface area contributed by atoms with Crippen LogP contribution in [0.25, 0.3) is 0 Å². The fourth-order valence-electron chi connectivity index (χ4n) is 4.42. The van der Waals surface area contributed by atoms with Crippen LogP contribution in [-0.4, -0.2) is 21.5 Å². The van der Waals surface area contributed by atoms with Crippen LogP contribution in [0.4, 0.5) is 4.39 Å². The maximum absolute atomic E-state index is 13.3. The van der Waals surface area contributed by atoms with Crippen molar-refractivity contribution in [2.45, 2.75) is 63.5 Å². The van der Waals surface area contributed by atoms with Gasteiger partial charge in [-0.05, 0) is 43.9 Å². The predicted octanol–water partition coefficient (Wildman–Crippen LogP) is 3.27. The summed E-state index contributed by atoms with van der Waals surface area (Å²) in [6.07, 6.45) is 7.63. The Morgan fingerprint density at radius 2 is 2.00 bits per heavy atom. The largest absolute Gasteiger partial charge is 0.351 e. The topological polar surface area (TPSA) is 46.9 Å². The maximum atomic E-state index is 13.3. The van der Waals surface area contributed by atoms with Crippen LogP contribution in [0.5, 0.6) is 0 Å². The Balaban J connectivity index is 1.53. The number of nitrogens with one attached hydrogen (secondary N) is 1. The van der Waals surface area contributed by atoms with Gasteiger partial charge in [0.2, 0.25) is 5.91 Å². The zero-order valence-electron chi connectivity index (χ0n) is 14.6. The van der Waals surface area contributed by atoms with E-state index in [1.807, 2.05) is 6.92 Å². The van der Waals surface area contributed by atoms with E-state index in [4.69, 9.17) is 0 Å². The second-order valence-electron chi connectivity index (χ2n) is 7.46. The van der Waals surface area contributed by atoms with Gasteiger partial charge in [-0.15, -0.1) is 0 Å². The molecule has 0 unspecified atom stereocenters. The Hall–Kier alpha value is -2.17. The molecular weight excluding hydrogens is 317 g/mol. The van der Waals surface area contributed by atoms with Crippen molar-refractivity contribution in [3.05, 3.63) is 53.4 Å². The van der Waals surface area contributed by atoms with Gasteiger partial charge in [-0.1, -0.05) is 25.0 Å². The molecule has 4 nitrogen and oxygen atoms in total. The normalized spacial score (nSPS) is 21.8. The first-order chi connectivity index (χ1) is 12.1. The maximum Gasteiger partial charge on any atom is 0.230 e. The molecule has 132 valence electrons. The van der Waals surface area contributed by atoms with Crippen molar-refractivity contribution in [2.75, 3.05) is 0 Å². The van der Waals surface area contributed by atoms with Crippen molar-refractivity contribution in [3.8, 4) is 0 Å². The van der Waals surface area contributed by atoms with Crippen LogP contribution in [0.2, 0.25) is 0 Å². The van der Waals surface area contributed by atoms with E-state index in [1.54, 1.807) is 12.1 Å². The summed E-state index contributed by atoms with van der Waals surface area (Å²) in [6, 6.07) is 6.61. The molecule has 1 aliphatic carbocycles. The van der Waals surface area contributed by atoms with Gasteiger partial charge in [0.15, 0.2) is 0 Å². The summed E-state index contributed by atoms with van der Waals surface area (Å²) in [5.74, 6) is 0.951. The lowest BCUT2D eigenvalue weighted by Crippen LogP contribution is -2.49. The van der Waals surface area contributed by atoms with E-state index in [0.717, 1.165) is 62.2 Å². The Labute approximate surface area is 147 Å². The number of benzene rings is 1. The molecule has 25 heavy (non-hydrogen) atoms. The number of halogens is 1. The number of nitrogens with zero attached hydrogens (tertiary/aromatic N) is 2. The third-order valence-electron chi connectivity index (χ3n) is 5.74. The number of rotatable bonds is 3. The van der Waals surface area contributed by atoms with E-state index in [9.17, 15) is 9.18 Å². The SMILES string of the molecule is Cc1cn2c(n1)CC[C@@H](NC(=O)C1(c3ccc(F)cc3)CCCC1)C2. The minimum Gasteiger partial charge on any atom is -0.351 e. The van der Waals surface area contributed by atoms with Crippen molar-refractivity contribution < 1.29 is 9.18 Å². The molecule has 1 saturated carbocycles. The molecule has 2 aliphatic rings. The molecule has 1 amide bonds. The molecular formula is C20H24FN3O. The highest BCUT2D eigenvalue weighted by Gasteiger charge is 2.43. The number of aryl methyl sites for hydroxylation is 2. The van der Waals surface area contributed by atoms with Gasteiger partial charge in [0.25, 0.3) is 0 Å². The smallest absolute Gasteiger partial charge is 0.230 e. The summed E-state index contributed by atoms with van der Waals surface area (Å²) in [5, 5.41) is 3.28. The quantitative estimate of drug-likeness (QED) is 0.931. The molecule has 2 aromatic rings. The van der Waals surface area contributed by atoms with Crippen LogP contribution < -0.4 is 5.32 Å². The zero-order valence-corrected chi connectivity index (χ0v) is 14.6. The molecule has 1 aromatic carbocycles. The van der Waals surface area contributed by atoms with Crippen molar-refractivity contribution in [3.63, 3.8) is 0 Å². The van der Waals surface area contributed by atoms with Gasteiger partial charge >= 0.3 is 0 Å². The molecule has 4 rings (SSSR count). The molecule has 0 radical (unpaired) electrons. The number of hydrogen-bond donors (Lipinski definition) is 1. The van der Waals surface area contributed by atoms with Gasteiger partial charge in [-0.2, -0.15) is 0 Å². The van der Waals surface area contributed by atoms with E-state index in [-0.39, 0.29) is 17.8 Å². The lowest BCUT2D eigenvalue weighted by Gasteiger charge is -2.32. The van der Waals surface area contributed by atoms with Gasteiger partial charge in [0.1, 0.15) is 11.6 Å². The Kier molecular flexibility index (Phi) is 4.10. The highest BCUT2D eigenvalue weighted by Crippen LogP contribution is 2.41. The van der Waals surface area contributed by atoms with E-state index >= 15 is 0 Å². The first kappa shape index (κ1) is 16.3. The molecule has 0 spiro atoms. The molecule has 1 fully saturated rings. The first-order valence-electron chi connectivity index (χ1n) is 9.16. The standard InChI is InChI=1S/C20H24FN3O/c1-14-12-24-13-17(8-9-18(24)22-14)23-19(25)20(10-2-3-11-20)15-4-6-16(21)7-5-15/h4-7,12,17H,2-3,8-11,13H2,1H3,(H,23,25)/t17-/m1/s1. The summed E-state index contributed by atoms with van der Waals surface area (Å²) in [7, 11) is 0. The predicted molar refractivity (Wildman–Crippen MR) is 93.8 cm³/mol. The van der Waals surface area contributed by atoms with E-state index in [1.165, 1.54) is 12.1 Å². The number of hydrogen-bond acceptors (Lipinski definition) is 2. The van der Waals surface area contributed by atoms with Crippen LogP contribution in [0.15, 0.2) is 30.5 Å². The molecule has 1 aliphatic heterocycles. The number of aromatic nitrogens is 2. The van der Waals surface area contributed by atoms with Crippen LogP contribution in [0, 0.1) is 12.7 Å². The summed E-state index contributed by atoms with van der Waals surface area (Å²) in [6.45, 7) is 2.78. The summed E-state index contributed by atoms with van der Waals surface area (Å²) in [4.78, 5) is 17.7. The van der Waals surface area contributed by atoms with Gasteiger partial charge < -0.3 is 9.88 Å². The van der Waals surface area contributed by atoms with E-state index in [2.05, 4.69) is 21.1 Å². The minimum atomic E-state index is -0.501. The number of fused-ring (bicyclic) bond motifs is 1. The Morgan fingerprint density at radius 1 is 1.28 bits per heavy atom. The zero-order chi connectivity index (χ0) is 17.4. The monoisotopic (exact) mass is 341 g/mol. The molecule has 1 N–H and O–H groups in total. The van der Waals surface area contributed by atoms with Crippen LogP contribution in [0.3, 0.4) is 0 Å². The van der Waals surface area contributed by atoms with Crippen LogP contribution in [0.1, 0.15) is 49.2 Å². The summed E-state index contributed by atoms with van der Waals surface area (Å²) in [5.41, 5.74) is 1.47. The van der Waals surface area contributed by atoms with Gasteiger partial charge in [0, 0.05) is 25.2 Å².